The van der Waals surface area contributed by atoms with E-state index >= 15 is 0 Å². The third kappa shape index (κ3) is 6.08. The van der Waals surface area contributed by atoms with E-state index in [1.165, 1.54) is 10.4 Å². The van der Waals surface area contributed by atoms with Crippen LogP contribution in [-0.2, 0) is 33.8 Å². The maximum atomic E-state index is 14.5. The first kappa shape index (κ1) is 31.2. The average Bonchev–Trinajstić information content (AvgIpc) is 3.74. The minimum Gasteiger partial charge on any atom is -0.461 e. The molecule has 232 valence electrons. The first-order valence-corrected chi connectivity index (χ1v) is 15.9. The van der Waals surface area contributed by atoms with Crippen LogP contribution in [0.15, 0.2) is 78.8 Å². The molecule has 1 amide bonds. The third-order valence-electron chi connectivity index (χ3n) is 8.15. The van der Waals surface area contributed by atoms with E-state index in [4.69, 9.17) is 18.9 Å². The second-order valence-electron chi connectivity index (χ2n) is 12.3. The summed E-state index contributed by atoms with van der Waals surface area (Å²) in [5, 5.41) is 0. The van der Waals surface area contributed by atoms with Crippen molar-refractivity contribution in [1.29, 1.82) is 0 Å². The molecule has 5 rings (SSSR count). The van der Waals surface area contributed by atoms with Gasteiger partial charge in [-0.25, -0.2) is 13.2 Å². The highest BCUT2D eigenvalue weighted by Gasteiger charge is 2.58. The number of ether oxygens (including phenoxy) is 4. The van der Waals surface area contributed by atoms with Crippen molar-refractivity contribution in [2.45, 2.75) is 74.7 Å². The fourth-order valence-corrected chi connectivity index (χ4v) is 8.03. The van der Waals surface area contributed by atoms with E-state index in [-0.39, 0.29) is 24.6 Å². The molecule has 0 radical (unpaired) electrons. The number of hydrogen-bond acceptors (Lipinski definition) is 8. The van der Waals surface area contributed by atoms with Crippen molar-refractivity contribution in [3.05, 3.63) is 79.4 Å². The maximum absolute atomic E-state index is 14.5. The Hall–Kier alpha value is -3.25. The van der Waals surface area contributed by atoms with Crippen LogP contribution in [0.5, 0.6) is 0 Å². The minimum absolute atomic E-state index is 0.00659. The quantitative estimate of drug-likeness (QED) is 0.274. The van der Waals surface area contributed by atoms with E-state index in [0.29, 0.717) is 0 Å². The fourth-order valence-electron chi connectivity index (χ4n) is 6.34. The van der Waals surface area contributed by atoms with Crippen molar-refractivity contribution >= 4 is 22.1 Å². The lowest BCUT2D eigenvalue weighted by Crippen LogP contribution is -2.57. The van der Waals surface area contributed by atoms with Gasteiger partial charge in [-0.15, -0.1) is 6.58 Å². The average molecular weight is 613 g/mol. The van der Waals surface area contributed by atoms with E-state index in [2.05, 4.69) is 13.2 Å². The molecule has 4 aliphatic rings. The third-order valence-corrected chi connectivity index (χ3v) is 10.0. The van der Waals surface area contributed by atoms with Crippen molar-refractivity contribution in [1.82, 2.24) is 9.21 Å². The molecule has 0 aliphatic carbocycles. The van der Waals surface area contributed by atoms with Crippen LogP contribution in [0.25, 0.3) is 0 Å². The minimum atomic E-state index is -4.17. The topological polar surface area (TPSA) is 112 Å². The van der Waals surface area contributed by atoms with Crippen LogP contribution in [0.4, 0.5) is 4.79 Å². The second-order valence-corrected chi connectivity index (χ2v) is 14.2. The predicted molar refractivity (Wildman–Crippen MR) is 160 cm³/mol. The summed E-state index contributed by atoms with van der Waals surface area (Å²) in [6, 6.07) is 5.17. The largest absolute Gasteiger partial charge is 0.461 e. The van der Waals surface area contributed by atoms with Crippen LogP contribution in [-0.4, -0.2) is 91.5 Å². The number of fused-ring (bicyclic) bond motifs is 4. The summed E-state index contributed by atoms with van der Waals surface area (Å²) in [6.45, 7) is 14.8. The molecule has 8 atom stereocenters. The Morgan fingerprint density at radius 1 is 0.930 bits per heavy atom. The molecule has 0 saturated carbocycles. The van der Waals surface area contributed by atoms with Crippen LogP contribution in [0.2, 0.25) is 0 Å². The Bertz CT molecular complexity index is 1410. The Kier molecular flexibility index (Phi) is 8.72. The molecule has 2 saturated heterocycles. The van der Waals surface area contributed by atoms with Crippen LogP contribution in [0.1, 0.15) is 26.3 Å². The van der Waals surface area contributed by atoms with Gasteiger partial charge in [-0.3, -0.25) is 9.69 Å². The van der Waals surface area contributed by atoms with Crippen molar-refractivity contribution in [3.8, 4) is 0 Å². The number of amides is 1. The van der Waals surface area contributed by atoms with Gasteiger partial charge < -0.3 is 18.9 Å². The number of sulfonamides is 1. The fraction of sp³-hybridized carbons (Fsp3) is 0.500. The number of carbonyl (C=O) groups excluding carboxylic acids is 2. The number of aryl methyl sites for hydroxylation is 1. The molecular weight excluding hydrogens is 572 g/mol. The molecule has 2 fully saturated rings. The lowest BCUT2D eigenvalue weighted by Gasteiger charge is -2.40. The Labute approximate surface area is 253 Å². The van der Waals surface area contributed by atoms with Gasteiger partial charge in [0, 0.05) is 19.0 Å². The van der Waals surface area contributed by atoms with E-state index in [9.17, 15) is 18.0 Å². The van der Waals surface area contributed by atoms with Gasteiger partial charge in [-0.1, -0.05) is 60.7 Å². The smallest absolute Gasteiger partial charge is 0.410 e. The van der Waals surface area contributed by atoms with Crippen molar-refractivity contribution < 1.29 is 37.0 Å². The Morgan fingerprint density at radius 2 is 1.53 bits per heavy atom. The highest BCUT2D eigenvalue weighted by atomic mass is 32.2. The number of benzene rings is 1. The van der Waals surface area contributed by atoms with Crippen molar-refractivity contribution in [2.24, 2.45) is 11.8 Å². The lowest BCUT2D eigenvalue weighted by atomic mass is 9.85. The lowest BCUT2D eigenvalue weighted by molar-refractivity contribution is -0.149. The van der Waals surface area contributed by atoms with Gasteiger partial charge in [0.1, 0.15) is 18.1 Å². The van der Waals surface area contributed by atoms with Gasteiger partial charge in [0.2, 0.25) is 10.0 Å². The highest BCUT2D eigenvalue weighted by molar-refractivity contribution is 7.89. The zero-order valence-corrected chi connectivity index (χ0v) is 25.8. The van der Waals surface area contributed by atoms with Crippen molar-refractivity contribution in [3.63, 3.8) is 0 Å². The summed E-state index contributed by atoms with van der Waals surface area (Å²) in [7, 11) is -4.17. The molecule has 0 N–H and O–H groups in total. The standard InChI is InChI=1S/C32H40N2O8S/c1-7-17-33(31(36)42-32(4,5)6)28-22(23-13-15-25(28)40-23)19-34(43(37,38)21-11-9-20(3)10-12-21)29-26-16-14-24(41-26)27(29)30(35)39-18-8-2/h7-16,22-29H,1-2,17-19H2,3-6H3/t22-,23+,24+,25-,26-,27-,28+,29-/m1/s1. The molecule has 43 heavy (non-hydrogen) atoms. The Balaban J connectivity index is 1.56. The molecule has 1 aromatic rings. The van der Waals surface area contributed by atoms with Gasteiger partial charge in [0.25, 0.3) is 0 Å². The monoisotopic (exact) mass is 612 g/mol. The summed E-state index contributed by atoms with van der Waals surface area (Å²) in [6.07, 6.45) is 7.69. The van der Waals surface area contributed by atoms with Crippen LogP contribution in [0.3, 0.4) is 0 Å². The summed E-state index contributed by atoms with van der Waals surface area (Å²) in [4.78, 5) is 28.4. The number of carbonyl (C=O) groups is 2. The van der Waals surface area contributed by atoms with Crippen LogP contribution >= 0.6 is 0 Å². The zero-order chi connectivity index (χ0) is 31.1. The van der Waals surface area contributed by atoms with Gasteiger partial charge in [-0.2, -0.15) is 4.31 Å². The molecule has 0 unspecified atom stereocenters. The van der Waals surface area contributed by atoms with Crippen LogP contribution < -0.4 is 0 Å². The summed E-state index contributed by atoms with van der Waals surface area (Å²) >= 11 is 0. The number of hydrogen-bond donors (Lipinski definition) is 0. The summed E-state index contributed by atoms with van der Waals surface area (Å²) < 4.78 is 53.8. The normalized spacial score (nSPS) is 30.5. The van der Waals surface area contributed by atoms with Crippen LogP contribution in [0, 0.1) is 18.8 Å². The molecular formula is C32H40N2O8S. The van der Waals surface area contributed by atoms with E-state index in [0.717, 1.165) is 5.56 Å². The first-order chi connectivity index (χ1) is 20.4. The summed E-state index contributed by atoms with van der Waals surface area (Å²) in [5.74, 6) is -1.93. The van der Waals surface area contributed by atoms with Gasteiger partial charge in [0.05, 0.1) is 41.4 Å². The number of rotatable bonds is 11. The molecule has 0 aromatic heterocycles. The summed E-state index contributed by atoms with van der Waals surface area (Å²) in [5.41, 5.74) is 0.166. The van der Waals surface area contributed by atoms with E-state index < -0.39 is 76.0 Å². The molecule has 1 aromatic carbocycles. The van der Waals surface area contributed by atoms with E-state index in [1.807, 2.05) is 19.1 Å². The Morgan fingerprint density at radius 3 is 2.16 bits per heavy atom. The van der Waals surface area contributed by atoms with E-state index in [1.54, 1.807) is 68.2 Å². The van der Waals surface area contributed by atoms with Crippen molar-refractivity contribution in [2.75, 3.05) is 19.7 Å². The van der Waals surface area contributed by atoms with Gasteiger partial charge >= 0.3 is 12.1 Å². The molecule has 4 bridgehead atoms. The molecule has 11 heteroatoms. The number of nitrogens with zero attached hydrogens (tertiary/aromatic N) is 2. The molecule has 4 heterocycles. The predicted octanol–water partition coefficient (Wildman–Crippen LogP) is 3.78. The highest BCUT2D eigenvalue weighted by Crippen LogP contribution is 2.44. The maximum Gasteiger partial charge on any atom is 0.410 e. The molecule has 4 aliphatic heterocycles. The van der Waals surface area contributed by atoms with Gasteiger partial charge in [-0.05, 0) is 39.8 Å². The SMILES string of the molecule is C=CCOC(=O)[C@H]1[C@H](N(C[C@H]2[C@H](N(CC=C)C(=O)OC(C)(C)C)[C@H]3C=C[C@@H]2O3)S(=O)(=O)c2ccc(C)cc2)[C@H]2C=C[C@@H]1O2. The second kappa shape index (κ2) is 12.0. The molecule has 0 spiro atoms. The number of esters is 1. The first-order valence-electron chi connectivity index (χ1n) is 14.5. The van der Waals surface area contributed by atoms with Gasteiger partial charge in [0.15, 0.2) is 0 Å². The molecule has 10 nitrogen and oxygen atoms in total. The zero-order valence-electron chi connectivity index (χ0n) is 25.0.